The Labute approximate surface area is 96.0 Å². The molecule has 0 N–H and O–H groups in total. The number of nitrogens with zero attached hydrogens (tertiary/aromatic N) is 1. The first-order chi connectivity index (χ1) is 7.68. The first kappa shape index (κ1) is 11.4. The Morgan fingerprint density at radius 3 is 2.56 bits per heavy atom. The Balaban J connectivity index is 2.31. The molecule has 0 aromatic heterocycles. The second kappa shape index (κ2) is 4.83. The van der Waals surface area contributed by atoms with Crippen molar-refractivity contribution in [2.24, 2.45) is 0 Å². The van der Waals surface area contributed by atoms with Gasteiger partial charge in [-0.2, -0.15) is 0 Å². The van der Waals surface area contributed by atoms with E-state index < -0.39 is 0 Å². The van der Waals surface area contributed by atoms with Crippen LogP contribution in [-0.4, -0.2) is 26.3 Å². The van der Waals surface area contributed by atoms with E-state index in [9.17, 15) is 4.39 Å². The normalized spacial score (nSPS) is 16.9. The van der Waals surface area contributed by atoms with Crippen molar-refractivity contribution in [1.29, 1.82) is 0 Å². The molecule has 0 saturated carbocycles. The van der Waals surface area contributed by atoms with Gasteiger partial charge < -0.3 is 9.64 Å². The summed E-state index contributed by atoms with van der Waals surface area (Å²) in [6, 6.07) is 5.07. The summed E-state index contributed by atoms with van der Waals surface area (Å²) >= 11 is 0. The van der Waals surface area contributed by atoms with Crippen LogP contribution >= 0.6 is 0 Å². The van der Waals surface area contributed by atoms with E-state index in [1.807, 2.05) is 6.07 Å². The van der Waals surface area contributed by atoms with Crippen LogP contribution in [0.3, 0.4) is 0 Å². The Morgan fingerprint density at radius 1 is 1.25 bits per heavy atom. The quantitative estimate of drug-likeness (QED) is 0.764. The molecule has 1 aromatic rings. The molecule has 2 rings (SSSR count). The van der Waals surface area contributed by atoms with Crippen molar-refractivity contribution >= 4 is 5.69 Å². The summed E-state index contributed by atoms with van der Waals surface area (Å²) in [4.78, 5) is 2.28. The Hall–Kier alpha value is -1.09. The third-order valence-electron chi connectivity index (χ3n) is 2.96. The van der Waals surface area contributed by atoms with Gasteiger partial charge in [0, 0.05) is 18.8 Å². The van der Waals surface area contributed by atoms with E-state index in [2.05, 4.69) is 18.7 Å². The molecule has 0 atom stereocenters. The van der Waals surface area contributed by atoms with Crippen LogP contribution in [0.15, 0.2) is 18.2 Å². The van der Waals surface area contributed by atoms with Gasteiger partial charge in [-0.15, -0.1) is 0 Å². The molecule has 1 fully saturated rings. The first-order valence-electron chi connectivity index (χ1n) is 5.80. The van der Waals surface area contributed by atoms with Gasteiger partial charge >= 0.3 is 0 Å². The predicted molar refractivity (Wildman–Crippen MR) is 63.5 cm³/mol. The monoisotopic (exact) mass is 223 g/mol. The highest BCUT2D eigenvalue weighted by atomic mass is 19.1. The molecule has 1 aromatic carbocycles. The summed E-state index contributed by atoms with van der Waals surface area (Å²) in [6.45, 7) is 7.50. The highest BCUT2D eigenvalue weighted by molar-refractivity contribution is 5.55. The SMILES string of the molecule is CC(C)c1cc(F)ccc1N1CCOCC1. The minimum atomic E-state index is -0.152. The average molecular weight is 223 g/mol. The topological polar surface area (TPSA) is 12.5 Å². The first-order valence-corrected chi connectivity index (χ1v) is 5.80. The highest BCUT2D eigenvalue weighted by Gasteiger charge is 2.16. The van der Waals surface area contributed by atoms with E-state index in [1.165, 1.54) is 6.07 Å². The molecule has 88 valence electrons. The maximum absolute atomic E-state index is 13.2. The second-order valence-corrected chi connectivity index (χ2v) is 4.46. The maximum atomic E-state index is 13.2. The van der Waals surface area contributed by atoms with Crippen LogP contribution < -0.4 is 4.90 Å². The van der Waals surface area contributed by atoms with Crippen molar-refractivity contribution < 1.29 is 9.13 Å². The van der Waals surface area contributed by atoms with Crippen molar-refractivity contribution in [3.05, 3.63) is 29.6 Å². The van der Waals surface area contributed by atoms with Crippen LogP contribution in [0.1, 0.15) is 25.3 Å². The van der Waals surface area contributed by atoms with Gasteiger partial charge in [-0.3, -0.25) is 0 Å². The second-order valence-electron chi connectivity index (χ2n) is 4.46. The molecule has 0 bridgehead atoms. The Morgan fingerprint density at radius 2 is 1.94 bits per heavy atom. The molecule has 1 saturated heterocycles. The van der Waals surface area contributed by atoms with E-state index in [0.717, 1.165) is 37.6 Å². The lowest BCUT2D eigenvalue weighted by atomic mass is 10.00. The van der Waals surface area contributed by atoms with Crippen LogP contribution in [0.25, 0.3) is 0 Å². The fourth-order valence-corrected chi connectivity index (χ4v) is 2.08. The summed E-state index contributed by atoms with van der Waals surface area (Å²) in [7, 11) is 0. The smallest absolute Gasteiger partial charge is 0.123 e. The minimum Gasteiger partial charge on any atom is -0.378 e. The molecule has 0 amide bonds. The van der Waals surface area contributed by atoms with Gasteiger partial charge in [-0.1, -0.05) is 13.8 Å². The zero-order valence-electron chi connectivity index (χ0n) is 9.87. The predicted octanol–water partition coefficient (Wildman–Crippen LogP) is 2.79. The number of rotatable bonds is 2. The van der Waals surface area contributed by atoms with Crippen molar-refractivity contribution in [2.45, 2.75) is 19.8 Å². The van der Waals surface area contributed by atoms with Crippen LogP contribution in [0.4, 0.5) is 10.1 Å². The number of anilines is 1. The van der Waals surface area contributed by atoms with Crippen molar-refractivity contribution in [3.63, 3.8) is 0 Å². The fraction of sp³-hybridized carbons (Fsp3) is 0.538. The third-order valence-corrected chi connectivity index (χ3v) is 2.96. The molecule has 0 radical (unpaired) electrons. The van der Waals surface area contributed by atoms with E-state index >= 15 is 0 Å². The molecule has 0 unspecified atom stereocenters. The molecule has 0 spiro atoms. The standard InChI is InChI=1S/C13H18FNO/c1-10(2)12-9-11(14)3-4-13(12)15-5-7-16-8-6-15/h3-4,9-10H,5-8H2,1-2H3. The third kappa shape index (κ3) is 2.35. The van der Waals surface area contributed by atoms with Crippen LogP contribution in [-0.2, 0) is 4.74 Å². The van der Waals surface area contributed by atoms with E-state index in [-0.39, 0.29) is 5.82 Å². The van der Waals surface area contributed by atoms with Crippen molar-refractivity contribution in [3.8, 4) is 0 Å². The zero-order chi connectivity index (χ0) is 11.5. The summed E-state index contributed by atoms with van der Waals surface area (Å²) in [6.07, 6.45) is 0. The summed E-state index contributed by atoms with van der Waals surface area (Å²) in [5.74, 6) is 0.189. The van der Waals surface area contributed by atoms with Crippen LogP contribution in [0.5, 0.6) is 0 Å². The van der Waals surface area contributed by atoms with E-state index in [4.69, 9.17) is 4.74 Å². The maximum Gasteiger partial charge on any atom is 0.123 e. The Bertz CT molecular complexity index is 359. The van der Waals surface area contributed by atoms with Gasteiger partial charge in [0.2, 0.25) is 0 Å². The minimum absolute atomic E-state index is 0.152. The number of benzene rings is 1. The van der Waals surface area contributed by atoms with Gasteiger partial charge in [0.25, 0.3) is 0 Å². The molecular formula is C13H18FNO. The largest absolute Gasteiger partial charge is 0.378 e. The van der Waals surface area contributed by atoms with Crippen LogP contribution in [0.2, 0.25) is 0 Å². The van der Waals surface area contributed by atoms with Gasteiger partial charge in [-0.05, 0) is 29.7 Å². The average Bonchev–Trinajstić information content (AvgIpc) is 2.30. The van der Waals surface area contributed by atoms with E-state index in [0.29, 0.717) is 5.92 Å². The van der Waals surface area contributed by atoms with Crippen molar-refractivity contribution in [2.75, 3.05) is 31.2 Å². The molecule has 2 nitrogen and oxygen atoms in total. The zero-order valence-corrected chi connectivity index (χ0v) is 9.87. The number of hydrogen-bond acceptors (Lipinski definition) is 2. The van der Waals surface area contributed by atoms with Gasteiger partial charge in [0.05, 0.1) is 13.2 Å². The van der Waals surface area contributed by atoms with Crippen molar-refractivity contribution in [1.82, 2.24) is 0 Å². The summed E-state index contributed by atoms with van der Waals surface area (Å²) in [5.41, 5.74) is 2.24. The van der Waals surface area contributed by atoms with Gasteiger partial charge in [0.15, 0.2) is 0 Å². The van der Waals surface area contributed by atoms with E-state index in [1.54, 1.807) is 6.07 Å². The summed E-state index contributed by atoms with van der Waals surface area (Å²) in [5, 5.41) is 0. The molecule has 16 heavy (non-hydrogen) atoms. The lowest BCUT2D eigenvalue weighted by molar-refractivity contribution is 0.122. The van der Waals surface area contributed by atoms with Gasteiger partial charge in [0.1, 0.15) is 5.82 Å². The molecule has 1 heterocycles. The van der Waals surface area contributed by atoms with Crippen LogP contribution in [0, 0.1) is 5.82 Å². The van der Waals surface area contributed by atoms with Gasteiger partial charge in [-0.25, -0.2) is 4.39 Å². The molecule has 0 aliphatic carbocycles. The lowest BCUT2D eigenvalue weighted by Gasteiger charge is -2.31. The number of halogens is 1. The molecular weight excluding hydrogens is 205 g/mol. The molecule has 3 heteroatoms. The lowest BCUT2D eigenvalue weighted by Crippen LogP contribution is -2.36. The molecule has 1 aliphatic rings. The fourth-order valence-electron chi connectivity index (χ4n) is 2.08. The number of hydrogen-bond donors (Lipinski definition) is 0. The Kier molecular flexibility index (Phi) is 3.44. The molecule has 1 aliphatic heterocycles. The number of morpholine rings is 1. The highest BCUT2D eigenvalue weighted by Crippen LogP contribution is 2.28. The summed E-state index contributed by atoms with van der Waals surface area (Å²) < 4.78 is 18.6. The number of ether oxygens (including phenoxy) is 1.